The molecule has 1 aromatic carbocycles. The molecule has 0 unspecified atom stereocenters. The van der Waals surface area contributed by atoms with Gasteiger partial charge in [0.2, 0.25) is 0 Å². The van der Waals surface area contributed by atoms with Gasteiger partial charge in [-0.3, -0.25) is 0 Å². The van der Waals surface area contributed by atoms with Crippen molar-refractivity contribution >= 4 is 11.6 Å². The van der Waals surface area contributed by atoms with E-state index in [0.717, 1.165) is 17.9 Å². The predicted octanol–water partition coefficient (Wildman–Crippen LogP) is 3.02. The second-order valence-electron chi connectivity index (χ2n) is 3.45. The first-order valence-electron chi connectivity index (χ1n) is 5.53. The summed E-state index contributed by atoms with van der Waals surface area (Å²) in [5.74, 6) is 1.37. The molecule has 0 fully saturated rings. The zero-order valence-corrected chi connectivity index (χ0v) is 11.0. The van der Waals surface area contributed by atoms with Gasteiger partial charge in [-0.1, -0.05) is 17.7 Å². The Labute approximate surface area is 107 Å². The number of ether oxygens (including phenoxy) is 2. The van der Waals surface area contributed by atoms with Crippen molar-refractivity contribution in [1.82, 2.24) is 5.32 Å². The van der Waals surface area contributed by atoms with Crippen LogP contribution in [0.3, 0.4) is 0 Å². The maximum atomic E-state index is 6.16. The lowest BCUT2D eigenvalue weighted by molar-refractivity contribution is 0.310. The van der Waals surface area contributed by atoms with Crippen LogP contribution in [0.15, 0.2) is 24.8 Å². The number of halogens is 1. The minimum absolute atomic E-state index is 0.595. The van der Waals surface area contributed by atoms with E-state index in [0.29, 0.717) is 23.9 Å². The van der Waals surface area contributed by atoms with E-state index in [1.807, 2.05) is 13.0 Å². The lowest BCUT2D eigenvalue weighted by Crippen LogP contribution is -2.13. The molecule has 1 rings (SSSR count). The fourth-order valence-electron chi connectivity index (χ4n) is 1.45. The van der Waals surface area contributed by atoms with Crippen LogP contribution in [0.5, 0.6) is 11.5 Å². The number of methoxy groups -OCH3 is 1. The third-order valence-electron chi connectivity index (χ3n) is 2.24. The van der Waals surface area contributed by atoms with Gasteiger partial charge in [-0.25, -0.2) is 0 Å². The van der Waals surface area contributed by atoms with E-state index in [2.05, 4.69) is 11.9 Å². The molecule has 17 heavy (non-hydrogen) atoms. The molecule has 0 aromatic heterocycles. The normalized spacial score (nSPS) is 10.1. The SMILES string of the molecule is C=CCNCc1cc(OCC)c(OC)cc1Cl. The summed E-state index contributed by atoms with van der Waals surface area (Å²) in [4.78, 5) is 0. The van der Waals surface area contributed by atoms with Gasteiger partial charge in [-0.05, 0) is 18.6 Å². The topological polar surface area (TPSA) is 30.5 Å². The van der Waals surface area contributed by atoms with Gasteiger partial charge < -0.3 is 14.8 Å². The molecule has 1 N–H and O–H groups in total. The fraction of sp³-hybridized carbons (Fsp3) is 0.385. The van der Waals surface area contributed by atoms with E-state index in [1.54, 1.807) is 19.3 Å². The first kappa shape index (κ1) is 13.9. The van der Waals surface area contributed by atoms with Crippen LogP contribution in [0.4, 0.5) is 0 Å². The molecule has 0 bridgehead atoms. The van der Waals surface area contributed by atoms with Gasteiger partial charge in [-0.15, -0.1) is 6.58 Å². The van der Waals surface area contributed by atoms with Crippen molar-refractivity contribution in [2.75, 3.05) is 20.3 Å². The Bertz CT molecular complexity index is 380. The highest BCUT2D eigenvalue weighted by Gasteiger charge is 2.09. The van der Waals surface area contributed by atoms with E-state index >= 15 is 0 Å². The lowest BCUT2D eigenvalue weighted by Gasteiger charge is -2.13. The second-order valence-corrected chi connectivity index (χ2v) is 3.85. The van der Waals surface area contributed by atoms with Crippen molar-refractivity contribution in [1.29, 1.82) is 0 Å². The quantitative estimate of drug-likeness (QED) is 0.600. The summed E-state index contributed by atoms with van der Waals surface area (Å²) in [5.41, 5.74) is 0.984. The van der Waals surface area contributed by atoms with Gasteiger partial charge in [0, 0.05) is 24.2 Å². The molecule has 0 heterocycles. The number of hydrogen-bond acceptors (Lipinski definition) is 3. The molecule has 94 valence electrons. The highest BCUT2D eigenvalue weighted by Crippen LogP contribution is 2.33. The first-order valence-corrected chi connectivity index (χ1v) is 5.91. The summed E-state index contributed by atoms with van der Waals surface area (Å²) in [7, 11) is 1.60. The van der Waals surface area contributed by atoms with E-state index in [4.69, 9.17) is 21.1 Å². The van der Waals surface area contributed by atoms with Crippen LogP contribution in [0.2, 0.25) is 5.02 Å². The van der Waals surface area contributed by atoms with Crippen molar-refractivity contribution < 1.29 is 9.47 Å². The molecule has 3 nitrogen and oxygen atoms in total. The molecule has 0 amide bonds. The Morgan fingerprint density at radius 2 is 2.18 bits per heavy atom. The van der Waals surface area contributed by atoms with Gasteiger partial charge in [-0.2, -0.15) is 0 Å². The second kappa shape index (κ2) is 7.20. The molecule has 0 radical (unpaired) electrons. The van der Waals surface area contributed by atoms with E-state index in [1.165, 1.54) is 0 Å². The maximum Gasteiger partial charge on any atom is 0.162 e. The van der Waals surface area contributed by atoms with Gasteiger partial charge >= 0.3 is 0 Å². The fourth-order valence-corrected chi connectivity index (χ4v) is 1.67. The Morgan fingerprint density at radius 1 is 1.41 bits per heavy atom. The van der Waals surface area contributed by atoms with Gasteiger partial charge in [0.1, 0.15) is 0 Å². The molecule has 0 saturated heterocycles. The zero-order valence-electron chi connectivity index (χ0n) is 10.3. The average Bonchev–Trinajstić information content (AvgIpc) is 2.33. The molecular formula is C13H18ClNO2. The molecule has 0 aliphatic rings. The van der Waals surface area contributed by atoms with Gasteiger partial charge in [0.15, 0.2) is 11.5 Å². The first-order chi connectivity index (χ1) is 8.22. The lowest BCUT2D eigenvalue weighted by atomic mass is 10.2. The van der Waals surface area contributed by atoms with E-state index < -0.39 is 0 Å². The molecule has 1 aromatic rings. The smallest absolute Gasteiger partial charge is 0.162 e. The van der Waals surface area contributed by atoms with Gasteiger partial charge in [0.05, 0.1) is 13.7 Å². The Hall–Kier alpha value is -1.19. The highest BCUT2D eigenvalue weighted by molar-refractivity contribution is 6.31. The third kappa shape index (κ3) is 3.95. The molecule has 0 atom stereocenters. The van der Waals surface area contributed by atoms with Crippen molar-refractivity contribution in [3.05, 3.63) is 35.4 Å². The Morgan fingerprint density at radius 3 is 2.76 bits per heavy atom. The predicted molar refractivity (Wildman–Crippen MR) is 71.1 cm³/mol. The number of rotatable bonds is 7. The molecule has 0 saturated carbocycles. The maximum absolute atomic E-state index is 6.16. The van der Waals surface area contributed by atoms with Crippen molar-refractivity contribution in [3.63, 3.8) is 0 Å². The zero-order chi connectivity index (χ0) is 12.7. The van der Waals surface area contributed by atoms with E-state index in [9.17, 15) is 0 Å². The van der Waals surface area contributed by atoms with Crippen LogP contribution in [0, 0.1) is 0 Å². The van der Waals surface area contributed by atoms with Crippen LogP contribution >= 0.6 is 11.6 Å². The Kier molecular flexibility index (Phi) is 5.87. The van der Waals surface area contributed by atoms with Crippen molar-refractivity contribution in [2.45, 2.75) is 13.5 Å². The molecule has 0 aliphatic carbocycles. The van der Waals surface area contributed by atoms with Gasteiger partial charge in [0.25, 0.3) is 0 Å². The van der Waals surface area contributed by atoms with Crippen molar-refractivity contribution in [2.24, 2.45) is 0 Å². The Balaban J connectivity index is 2.89. The van der Waals surface area contributed by atoms with Crippen LogP contribution < -0.4 is 14.8 Å². The largest absolute Gasteiger partial charge is 0.493 e. The van der Waals surface area contributed by atoms with Crippen LogP contribution in [0.25, 0.3) is 0 Å². The summed E-state index contributed by atoms with van der Waals surface area (Å²) in [6, 6.07) is 3.68. The third-order valence-corrected chi connectivity index (χ3v) is 2.59. The summed E-state index contributed by atoms with van der Waals surface area (Å²) >= 11 is 6.16. The van der Waals surface area contributed by atoms with Crippen LogP contribution in [0.1, 0.15) is 12.5 Å². The minimum Gasteiger partial charge on any atom is -0.493 e. The van der Waals surface area contributed by atoms with Crippen molar-refractivity contribution in [3.8, 4) is 11.5 Å². The molecule has 0 aliphatic heterocycles. The number of hydrogen-bond donors (Lipinski definition) is 1. The summed E-state index contributed by atoms with van der Waals surface area (Å²) < 4.78 is 10.7. The standard InChI is InChI=1S/C13H18ClNO2/c1-4-6-15-9-10-7-13(17-5-2)12(16-3)8-11(10)14/h4,7-8,15H,1,5-6,9H2,2-3H3. The summed E-state index contributed by atoms with van der Waals surface area (Å²) in [6.45, 7) is 7.60. The van der Waals surface area contributed by atoms with E-state index in [-0.39, 0.29) is 0 Å². The minimum atomic E-state index is 0.595. The highest BCUT2D eigenvalue weighted by atomic mass is 35.5. The van der Waals surface area contributed by atoms with Crippen LogP contribution in [-0.4, -0.2) is 20.3 Å². The number of benzene rings is 1. The summed E-state index contributed by atoms with van der Waals surface area (Å²) in [5, 5.41) is 3.87. The molecule has 4 heteroatoms. The average molecular weight is 256 g/mol. The van der Waals surface area contributed by atoms with Crippen LogP contribution in [-0.2, 0) is 6.54 Å². The molecular weight excluding hydrogens is 238 g/mol. The number of nitrogens with one attached hydrogen (secondary N) is 1. The molecule has 0 spiro atoms. The summed E-state index contributed by atoms with van der Waals surface area (Å²) in [6.07, 6.45) is 1.81. The monoisotopic (exact) mass is 255 g/mol.